The summed E-state index contributed by atoms with van der Waals surface area (Å²) in [7, 11) is 1.54. The van der Waals surface area contributed by atoms with E-state index in [0.29, 0.717) is 23.7 Å². The van der Waals surface area contributed by atoms with Crippen LogP contribution in [0.5, 0.6) is 11.5 Å². The fourth-order valence-electron chi connectivity index (χ4n) is 3.25. The molecule has 0 unspecified atom stereocenters. The number of para-hydroxylation sites is 1. The number of nitrogens with zero attached hydrogens (tertiary/aromatic N) is 1. The Balaban J connectivity index is 1.47. The minimum Gasteiger partial charge on any atom is -0.496 e. The van der Waals surface area contributed by atoms with Crippen LogP contribution in [0.4, 0.5) is 0 Å². The predicted molar refractivity (Wildman–Crippen MR) is 130 cm³/mol. The number of methoxy groups -OCH3 is 1. The Morgan fingerprint density at radius 1 is 0.938 bits per heavy atom. The maximum absolute atomic E-state index is 12.7. The lowest BCUT2D eigenvalue weighted by Crippen LogP contribution is -2.18. The van der Waals surface area contributed by atoms with Gasteiger partial charge in [0.15, 0.2) is 0 Å². The second kappa shape index (κ2) is 10.1. The third-order valence-electron chi connectivity index (χ3n) is 4.91. The number of rotatable bonds is 7. The Labute approximate surface area is 194 Å². The van der Waals surface area contributed by atoms with Crippen LogP contribution < -0.4 is 14.9 Å². The minimum absolute atomic E-state index is 0.350. The van der Waals surface area contributed by atoms with Crippen molar-refractivity contribution in [3.05, 3.63) is 106 Å². The van der Waals surface area contributed by atoms with Crippen LogP contribution in [0.2, 0.25) is 0 Å². The van der Waals surface area contributed by atoms with Crippen molar-refractivity contribution in [3.8, 4) is 11.5 Å². The molecule has 4 aromatic carbocycles. The molecule has 0 aromatic heterocycles. The van der Waals surface area contributed by atoms with Gasteiger partial charge < -0.3 is 9.47 Å². The minimum atomic E-state index is -0.350. The summed E-state index contributed by atoms with van der Waals surface area (Å²) in [4.78, 5) is 12.7. The molecule has 0 fully saturated rings. The summed E-state index contributed by atoms with van der Waals surface area (Å²) in [6.45, 7) is 0.429. The predicted octanol–water partition coefficient (Wildman–Crippen LogP) is 5.95. The Morgan fingerprint density at radius 3 is 2.38 bits per heavy atom. The Hall–Kier alpha value is -3.64. The van der Waals surface area contributed by atoms with Crippen molar-refractivity contribution in [3.63, 3.8) is 0 Å². The summed E-state index contributed by atoms with van der Waals surface area (Å²) in [5.74, 6) is 0.823. The summed E-state index contributed by atoms with van der Waals surface area (Å²) < 4.78 is 12.4. The van der Waals surface area contributed by atoms with E-state index < -0.39 is 0 Å². The first kappa shape index (κ1) is 21.6. The van der Waals surface area contributed by atoms with Gasteiger partial charge in [-0.05, 0) is 52.7 Å². The summed E-state index contributed by atoms with van der Waals surface area (Å²) in [6, 6.07) is 26.9. The van der Waals surface area contributed by atoms with E-state index in [0.717, 1.165) is 26.4 Å². The van der Waals surface area contributed by atoms with Gasteiger partial charge in [0.25, 0.3) is 5.91 Å². The van der Waals surface area contributed by atoms with Gasteiger partial charge in [-0.25, -0.2) is 5.43 Å². The molecule has 1 N–H and O–H groups in total. The lowest BCUT2D eigenvalue weighted by Gasteiger charge is -2.10. The normalized spacial score (nSPS) is 10.9. The first-order valence-corrected chi connectivity index (χ1v) is 10.8. The van der Waals surface area contributed by atoms with Crippen LogP contribution >= 0.6 is 15.9 Å². The molecular formula is C26H21BrN2O3. The van der Waals surface area contributed by atoms with Gasteiger partial charge in [-0.3, -0.25) is 4.79 Å². The molecule has 0 atom stereocenters. The molecule has 160 valence electrons. The van der Waals surface area contributed by atoms with E-state index in [4.69, 9.17) is 9.47 Å². The largest absolute Gasteiger partial charge is 0.496 e. The lowest BCUT2D eigenvalue weighted by molar-refractivity contribution is 0.0952. The van der Waals surface area contributed by atoms with Gasteiger partial charge >= 0.3 is 0 Å². The van der Waals surface area contributed by atoms with Crippen molar-refractivity contribution >= 4 is 38.8 Å². The van der Waals surface area contributed by atoms with Crippen molar-refractivity contribution in [2.45, 2.75) is 6.61 Å². The highest BCUT2D eigenvalue weighted by molar-refractivity contribution is 9.10. The third-order valence-corrected chi connectivity index (χ3v) is 5.44. The van der Waals surface area contributed by atoms with E-state index in [2.05, 4.69) is 26.5 Å². The monoisotopic (exact) mass is 488 g/mol. The van der Waals surface area contributed by atoms with Crippen molar-refractivity contribution < 1.29 is 14.3 Å². The smallest absolute Gasteiger partial charge is 0.275 e. The summed E-state index contributed by atoms with van der Waals surface area (Å²) >= 11 is 3.43. The van der Waals surface area contributed by atoms with Crippen LogP contribution in [0.25, 0.3) is 10.8 Å². The van der Waals surface area contributed by atoms with Gasteiger partial charge in [-0.2, -0.15) is 5.10 Å². The van der Waals surface area contributed by atoms with E-state index in [1.165, 1.54) is 0 Å². The highest BCUT2D eigenvalue weighted by Gasteiger charge is 2.13. The van der Waals surface area contributed by atoms with Crippen LogP contribution in [0.1, 0.15) is 21.5 Å². The number of hydrogen-bond donors (Lipinski definition) is 1. The van der Waals surface area contributed by atoms with Gasteiger partial charge in [0.2, 0.25) is 0 Å². The van der Waals surface area contributed by atoms with Crippen LogP contribution in [0.15, 0.2) is 94.5 Å². The molecule has 0 radical (unpaired) electrons. The molecule has 0 spiro atoms. The first-order valence-electron chi connectivity index (χ1n) is 10.0. The van der Waals surface area contributed by atoms with Crippen LogP contribution in [-0.2, 0) is 6.61 Å². The lowest BCUT2D eigenvalue weighted by atomic mass is 10.1. The van der Waals surface area contributed by atoms with E-state index in [-0.39, 0.29) is 5.91 Å². The fourth-order valence-corrected chi connectivity index (χ4v) is 3.51. The van der Waals surface area contributed by atoms with Crippen LogP contribution in [-0.4, -0.2) is 19.2 Å². The number of hydrazone groups is 1. The number of amides is 1. The zero-order valence-corrected chi connectivity index (χ0v) is 19.0. The maximum atomic E-state index is 12.7. The summed E-state index contributed by atoms with van der Waals surface area (Å²) in [5, 5.41) is 6.09. The third kappa shape index (κ3) is 5.15. The van der Waals surface area contributed by atoms with Gasteiger partial charge in [-0.1, -0.05) is 64.5 Å². The van der Waals surface area contributed by atoms with E-state index >= 15 is 0 Å². The van der Waals surface area contributed by atoms with Crippen molar-refractivity contribution in [2.24, 2.45) is 5.10 Å². The number of fused-ring (bicyclic) bond motifs is 1. The fraction of sp³-hybridized carbons (Fsp3) is 0.0769. The topological polar surface area (TPSA) is 59.9 Å². The molecule has 5 nitrogen and oxygen atoms in total. The number of hydrogen-bond acceptors (Lipinski definition) is 4. The zero-order valence-electron chi connectivity index (χ0n) is 17.4. The quantitative estimate of drug-likeness (QED) is 0.258. The average molecular weight is 489 g/mol. The molecule has 32 heavy (non-hydrogen) atoms. The van der Waals surface area contributed by atoms with E-state index in [9.17, 15) is 4.79 Å². The number of nitrogens with one attached hydrogen (secondary N) is 1. The molecule has 4 aromatic rings. The molecule has 0 saturated carbocycles. The number of carbonyl (C=O) groups is 1. The Morgan fingerprint density at radius 2 is 1.62 bits per heavy atom. The molecule has 0 saturated heterocycles. The number of ether oxygens (including phenoxy) is 2. The van der Waals surface area contributed by atoms with Crippen molar-refractivity contribution in [2.75, 3.05) is 7.11 Å². The molecule has 0 aliphatic heterocycles. The molecule has 0 bridgehead atoms. The van der Waals surface area contributed by atoms with Gasteiger partial charge in [0.05, 0.1) is 18.9 Å². The standard InChI is InChI=1S/C26H21BrN2O3/c1-31-25-15-20-7-3-2-6-19(20)14-23(25)26(30)29-28-16-21-8-4-5-9-24(21)32-17-18-10-12-22(27)13-11-18/h2-16H,17H2,1H3,(H,29,30)/b28-16-. The van der Waals surface area contributed by atoms with Crippen LogP contribution in [0.3, 0.4) is 0 Å². The van der Waals surface area contributed by atoms with Crippen molar-refractivity contribution in [1.82, 2.24) is 5.43 Å². The zero-order chi connectivity index (χ0) is 22.3. The molecule has 6 heteroatoms. The highest BCUT2D eigenvalue weighted by atomic mass is 79.9. The Bertz CT molecular complexity index is 1270. The molecule has 0 aliphatic rings. The molecule has 1 amide bonds. The average Bonchev–Trinajstić information content (AvgIpc) is 2.83. The Kier molecular flexibility index (Phi) is 6.82. The maximum Gasteiger partial charge on any atom is 0.275 e. The number of carbonyl (C=O) groups excluding carboxylic acids is 1. The second-order valence-electron chi connectivity index (χ2n) is 7.05. The first-order chi connectivity index (χ1) is 15.6. The summed E-state index contributed by atoms with van der Waals surface area (Å²) in [5.41, 5.74) is 4.82. The molecule has 0 heterocycles. The van der Waals surface area contributed by atoms with Gasteiger partial charge in [-0.15, -0.1) is 0 Å². The SMILES string of the molecule is COc1cc2ccccc2cc1C(=O)N/N=C\c1ccccc1OCc1ccc(Br)cc1. The second-order valence-corrected chi connectivity index (χ2v) is 7.97. The van der Waals surface area contributed by atoms with Gasteiger partial charge in [0.1, 0.15) is 18.1 Å². The molecule has 4 rings (SSSR count). The molecule has 0 aliphatic carbocycles. The van der Waals surface area contributed by atoms with Crippen LogP contribution in [0, 0.1) is 0 Å². The number of halogens is 1. The highest BCUT2D eigenvalue weighted by Crippen LogP contribution is 2.26. The number of benzene rings is 4. The van der Waals surface area contributed by atoms with Crippen molar-refractivity contribution in [1.29, 1.82) is 0 Å². The van der Waals surface area contributed by atoms with E-state index in [1.54, 1.807) is 19.4 Å². The van der Waals surface area contributed by atoms with Gasteiger partial charge in [0, 0.05) is 10.0 Å². The molecular weight excluding hydrogens is 468 g/mol. The summed E-state index contributed by atoms with van der Waals surface area (Å²) in [6.07, 6.45) is 1.57. The van der Waals surface area contributed by atoms with E-state index in [1.807, 2.05) is 78.9 Å².